The van der Waals surface area contributed by atoms with Crippen LogP contribution in [0.4, 0.5) is 0 Å². The van der Waals surface area contributed by atoms with Crippen molar-refractivity contribution in [3.63, 3.8) is 0 Å². The van der Waals surface area contributed by atoms with Crippen molar-refractivity contribution in [1.29, 1.82) is 10.8 Å². The first-order chi connectivity index (χ1) is 6.41. The molecule has 0 saturated heterocycles. The van der Waals surface area contributed by atoms with E-state index in [0.29, 0.717) is 12.8 Å². The highest BCUT2D eigenvalue weighted by atomic mass is 35.5. The first kappa shape index (κ1) is 16.3. The molecule has 0 aromatic carbocycles. The zero-order valence-corrected chi connectivity index (χ0v) is 9.84. The van der Waals surface area contributed by atoms with Gasteiger partial charge in [0.1, 0.15) is 0 Å². The number of azo groups is 1. The second-order valence-electron chi connectivity index (χ2n) is 3.39. The predicted octanol–water partition coefficient (Wildman–Crippen LogP) is 1.29. The first-order valence-corrected chi connectivity index (χ1v) is 4.47. The standard InChI is InChI=1S/C8H18N6.ClH/c1-5(3-7(9)10)13-14-6(2)4-8(11)12;/h5-6H,3-4H2,1-2H3,(H3,9,10)(H3,11,12);1H. The normalized spacial score (nSPS) is 14.3. The largest absolute Gasteiger partial charge is 0.388 e. The molecular formula is C8H19ClN6. The van der Waals surface area contributed by atoms with Gasteiger partial charge in [0.25, 0.3) is 0 Å². The molecular weight excluding hydrogens is 216 g/mol. The van der Waals surface area contributed by atoms with Crippen LogP contribution in [0.3, 0.4) is 0 Å². The number of hydrogen-bond donors (Lipinski definition) is 4. The molecule has 0 rings (SSSR count). The van der Waals surface area contributed by atoms with E-state index in [0.717, 1.165) is 0 Å². The molecule has 0 saturated carbocycles. The Hall–Kier alpha value is -1.17. The Balaban J connectivity index is 0. The summed E-state index contributed by atoms with van der Waals surface area (Å²) in [5, 5.41) is 22.0. The fraction of sp³-hybridized carbons (Fsp3) is 0.750. The zero-order valence-electron chi connectivity index (χ0n) is 9.03. The van der Waals surface area contributed by atoms with Gasteiger partial charge in [-0.1, -0.05) is 0 Å². The van der Waals surface area contributed by atoms with Crippen LogP contribution in [0.1, 0.15) is 26.7 Å². The highest BCUT2D eigenvalue weighted by Gasteiger charge is 2.04. The third-order valence-corrected chi connectivity index (χ3v) is 1.49. The lowest BCUT2D eigenvalue weighted by molar-refractivity contribution is 0.637. The fourth-order valence-electron chi connectivity index (χ4n) is 0.946. The molecule has 0 spiro atoms. The van der Waals surface area contributed by atoms with Crippen LogP contribution in [0, 0.1) is 10.8 Å². The number of nitrogens with two attached hydrogens (primary N) is 2. The summed E-state index contributed by atoms with van der Waals surface area (Å²) in [7, 11) is 0. The molecule has 0 aliphatic rings. The van der Waals surface area contributed by atoms with Gasteiger partial charge in [0.15, 0.2) is 0 Å². The molecule has 0 aromatic heterocycles. The molecule has 0 fully saturated rings. The smallest absolute Gasteiger partial charge is 0.0927 e. The van der Waals surface area contributed by atoms with Crippen molar-refractivity contribution in [3.05, 3.63) is 0 Å². The third-order valence-electron chi connectivity index (χ3n) is 1.49. The van der Waals surface area contributed by atoms with Gasteiger partial charge in [-0.15, -0.1) is 12.4 Å². The second-order valence-corrected chi connectivity index (χ2v) is 3.39. The minimum atomic E-state index is -0.0816. The molecule has 0 radical (unpaired) electrons. The molecule has 0 aliphatic carbocycles. The van der Waals surface area contributed by atoms with E-state index in [1.165, 1.54) is 0 Å². The van der Waals surface area contributed by atoms with Crippen molar-refractivity contribution >= 4 is 24.1 Å². The van der Waals surface area contributed by atoms with E-state index in [1.54, 1.807) is 0 Å². The Kier molecular flexibility index (Phi) is 8.85. The van der Waals surface area contributed by atoms with Crippen LogP contribution >= 0.6 is 12.4 Å². The zero-order chi connectivity index (χ0) is 11.1. The van der Waals surface area contributed by atoms with Gasteiger partial charge < -0.3 is 11.5 Å². The molecule has 0 amide bonds. The highest BCUT2D eigenvalue weighted by molar-refractivity contribution is 5.85. The van der Waals surface area contributed by atoms with Crippen molar-refractivity contribution in [2.24, 2.45) is 21.7 Å². The van der Waals surface area contributed by atoms with Gasteiger partial charge in [0, 0.05) is 12.8 Å². The lowest BCUT2D eigenvalue weighted by Crippen LogP contribution is -2.17. The summed E-state index contributed by atoms with van der Waals surface area (Å²) in [6.45, 7) is 3.68. The molecule has 0 bridgehead atoms. The SMILES string of the molecule is CC(CC(=N)N)N=NC(C)CC(=N)N.Cl. The number of amidine groups is 2. The number of rotatable bonds is 6. The van der Waals surface area contributed by atoms with Crippen molar-refractivity contribution < 1.29 is 0 Å². The molecule has 88 valence electrons. The van der Waals surface area contributed by atoms with Crippen LogP contribution in [0.15, 0.2) is 10.2 Å². The molecule has 15 heavy (non-hydrogen) atoms. The molecule has 0 aromatic rings. The Labute approximate surface area is 95.9 Å². The number of nitrogens with one attached hydrogen (secondary N) is 2. The van der Waals surface area contributed by atoms with E-state index in [9.17, 15) is 0 Å². The summed E-state index contributed by atoms with van der Waals surface area (Å²) in [6.07, 6.45) is 0.826. The number of nitrogens with zero attached hydrogens (tertiary/aromatic N) is 2. The summed E-state index contributed by atoms with van der Waals surface area (Å²) >= 11 is 0. The summed E-state index contributed by atoms with van der Waals surface area (Å²) in [5.41, 5.74) is 10.4. The highest BCUT2D eigenvalue weighted by Crippen LogP contribution is 2.02. The average molecular weight is 235 g/mol. The van der Waals surface area contributed by atoms with Crippen LogP contribution < -0.4 is 11.5 Å². The molecule has 0 heterocycles. The summed E-state index contributed by atoms with van der Waals surface area (Å²) in [6, 6.07) is -0.163. The first-order valence-electron chi connectivity index (χ1n) is 4.47. The summed E-state index contributed by atoms with van der Waals surface area (Å²) < 4.78 is 0. The maximum atomic E-state index is 7.05. The van der Waals surface area contributed by atoms with Crippen LogP contribution in [0.5, 0.6) is 0 Å². The molecule has 6 N–H and O–H groups in total. The minimum absolute atomic E-state index is 0. The maximum Gasteiger partial charge on any atom is 0.0927 e. The number of hydrogen-bond acceptors (Lipinski definition) is 4. The third kappa shape index (κ3) is 10.8. The van der Waals surface area contributed by atoms with Gasteiger partial charge in [0.05, 0.1) is 23.8 Å². The van der Waals surface area contributed by atoms with Gasteiger partial charge in [-0.3, -0.25) is 10.8 Å². The summed E-state index contributed by atoms with van der Waals surface area (Å²) in [5.74, 6) is 0.214. The van der Waals surface area contributed by atoms with E-state index in [1.807, 2.05) is 13.8 Å². The Morgan fingerprint density at radius 2 is 1.27 bits per heavy atom. The molecule has 2 atom stereocenters. The molecule has 6 nitrogen and oxygen atoms in total. The van der Waals surface area contributed by atoms with E-state index >= 15 is 0 Å². The van der Waals surface area contributed by atoms with Crippen LogP contribution in [-0.4, -0.2) is 23.8 Å². The Morgan fingerprint density at radius 1 is 1.00 bits per heavy atom. The van der Waals surface area contributed by atoms with Gasteiger partial charge >= 0.3 is 0 Å². The monoisotopic (exact) mass is 234 g/mol. The fourth-order valence-corrected chi connectivity index (χ4v) is 0.946. The minimum Gasteiger partial charge on any atom is -0.388 e. The van der Waals surface area contributed by atoms with Gasteiger partial charge in [0.2, 0.25) is 0 Å². The Morgan fingerprint density at radius 3 is 1.47 bits per heavy atom. The lowest BCUT2D eigenvalue weighted by Gasteiger charge is -2.06. The van der Waals surface area contributed by atoms with E-state index in [2.05, 4.69) is 10.2 Å². The molecule has 0 aliphatic heterocycles. The topological polar surface area (TPSA) is 124 Å². The average Bonchev–Trinajstić information content (AvgIpc) is 1.98. The van der Waals surface area contributed by atoms with Crippen molar-refractivity contribution in [1.82, 2.24) is 0 Å². The lowest BCUT2D eigenvalue weighted by atomic mass is 10.2. The van der Waals surface area contributed by atoms with Crippen molar-refractivity contribution in [2.75, 3.05) is 0 Å². The van der Waals surface area contributed by atoms with Crippen molar-refractivity contribution in [2.45, 2.75) is 38.8 Å². The van der Waals surface area contributed by atoms with Crippen LogP contribution in [-0.2, 0) is 0 Å². The van der Waals surface area contributed by atoms with Crippen LogP contribution in [0.2, 0.25) is 0 Å². The quantitative estimate of drug-likeness (QED) is 0.314. The van der Waals surface area contributed by atoms with E-state index in [-0.39, 0.29) is 36.2 Å². The van der Waals surface area contributed by atoms with E-state index in [4.69, 9.17) is 22.3 Å². The van der Waals surface area contributed by atoms with E-state index < -0.39 is 0 Å². The number of halogens is 1. The second kappa shape index (κ2) is 8.16. The molecule has 7 heteroatoms. The summed E-state index contributed by atoms with van der Waals surface area (Å²) in [4.78, 5) is 0. The van der Waals surface area contributed by atoms with Gasteiger partial charge in [-0.25, -0.2) is 0 Å². The van der Waals surface area contributed by atoms with Crippen LogP contribution in [0.25, 0.3) is 0 Å². The predicted molar refractivity (Wildman–Crippen MR) is 64.1 cm³/mol. The van der Waals surface area contributed by atoms with Gasteiger partial charge in [-0.05, 0) is 13.8 Å². The maximum absolute atomic E-state index is 7.05. The van der Waals surface area contributed by atoms with Crippen molar-refractivity contribution in [3.8, 4) is 0 Å². The van der Waals surface area contributed by atoms with Gasteiger partial charge in [-0.2, -0.15) is 10.2 Å². The molecule has 2 unspecified atom stereocenters. The Bertz CT molecular complexity index is 215.